The van der Waals surface area contributed by atoms with E-state index < -0.39 is 6.04 Å². The first kappa shape index (κ1) is 20.1. The van der Waals surface area contributed by atoms with Gasteiger partial charge in [-0.2, -0.15) is 5.10 Å². The maximum atomic E-state index is 13.2. The minimum absolute atomic E-state index is 0.00147. The van der Waals surface area contributed by atoms with Crippen molar-refractivity contribution in [2.45, 2.75) is 38.4 Å². The summed E-state index contributed by atoms with van der Waals surface area (Å²) in [4.78, 5) is 30.8. The highest BCUT2D eigenvalue weighted by Gasteiger charge is 2.36. The van der Waals surface area contributed by atoms with E-state index in [1.54, 1.807) is 21.8 Å². The summed E-state index contributed by atoms with van der Waals surface area (Å²) in [6.45, 7) is 2.45. The number of amides is 2. The molecule has 3 heterocycles. The zero-order chi connectivity index (χ0) is 22.1. The molecule has 1 fully saturated rings. The van der Waals surface area contributed by atoms with Gasteiger partial charge in [0, 0.05) is 36.1 Å². The minimum Gasteiger partial charge on any atom is -0.361 e. The number of fused-ring (bicyclic) bond motifs is 1. The van der Waals surface area contributed by atoms with E-state index >= 15 is 0 Å². The summed E-state index contributed by atoms with van der Waals surface area (Å²) in [5, 5.41) is 8.50. The third kappa shape index (κ3) is 3.66. The van der Waals surface area contributed by atoms with Crippen molar-refractivity contribution in [3.8, 4) is 0 Å². The Balaban J connectivity index is 1.34. The number of nitrogens with zero attached hydrogens (tertiary/aromatic N) is 3. The molecule has 1 aliphatic rings. The van der Waals surface area contributed by atoms with Gasteiger partial charge >= 0.3 is 0 Å². The monoisotopic (exact) mass is 427 g/mol. The van der Waals surface area contributed by atoms with Crippen LogP contribution in [-0.4, -0.2) is 37.5 Å². The molecule has 2 aromatic carbocycles. The van der Waals surface area contributed by atoms with E-state index in [1.807, 2.05) is 67.7 Å². The molecule has 2 N–H and O–H groups in total. The molecule has 0 bridgehead atoms. The normalized spacial score (nSPS) is 17.1. The number of carbonyl (C=O) groups is 2. The lowest BCUT2D eigenvalue weighted by Crippen LogP contribution is -2.41. The van der Waals surface area contributed by atoms with Crippen LogP contribution < -0.4 is 5.32 Å². The van der Waals surface area contributed by atoms with Crippen molar-refractivity contribution in [2.75, 3.05) is 5.32 Å². The fourth-order valence-corrected chi connectivity index (χ4v) is 4.45. The Bertz CT molecular complexity index is 1260. The second-order valence-corrected chi connectivity index (χ2v) is 8.17. The largest absolute Gasteiger partial charge is 0.361 e. The standard InChI is InChI=1S/C25H25N5O2/c1-17(18-7-3-2-4-8-18)30-23(13-14-27-30)28-25(32)22-11-12-24(31)29(22)16-19-15-26-21-10-6-5-9-20(19)21/h2-10,13-15,17,22,26H,11-12,16H2,1H3,(H,28,32). The summed E-state index contributed by atoms with van der Waals surface area (Å²) in [5.41, 5.74) is 3.13. The van der Waals surface area contributed by atoms with Gasteiger partial charge in [0.1, 0.15) is 11.9 Å². The number of nitrogens with one attached hydrogen (secondary N) is 2. The van der Waals surface area contributed by atoms with Crippen LogP contribution in [0.15, 0.2) is 73.1 Å². The van der Waals surface area contributed by atoms with E-state index in [0.29, 0.717) is 25.2 Å². The van der Waals surface area contributed by atoms with Gasteiger partial charge in [0.05, 0.1) is 12.2 Å². The molecule has 2 aromatic heterocycles. The molecular weight excluding hydrogens is 402 g/mol. The van der Waals surface area contributed by atoms with Crippen molar-refractivity contribution in [3.63, 3.8) is 0 Å². The quantitative estimate of drug-likeness (QED) is 0.486. The Hall–Kier alpha value is -3.87. The Morgan fingerprint density at radius 2 is 1.94 bits per heavy atom. The van der Waals surface area contributed by atoms with Crippen LogP contribution in [-0.2, 0) is 16.1 Å². The first-order valence-corrected chi connectivity index (χ1v) is 10.9. The number of aromatic nitrogens is 3. The van der Waals surface area contributed by atoms with Crippen LogP contribution >= 0.6 is 0 Å². The first-order chi connectivity index (χ1) is 15.6. The highest BCUT2D eigenvalue weighted by atomic mass is 16.2. The fraction of sp³-hybridized carbons (Fsp3) is 0.240. The van der Waals surface area contributed by atoms with Gasteiger partial charge in [0.25, 0.3) is 0 Å². The lowest BCUT2D eigenvalue weighted by atomic mass is 10.1. The summed E-state index contributed by atoms with van der Waals surface area (Å²) in [7, 11) is 0. The number of benzene rings is 2. The second kappa shape index (κ2) is 8.34. The number of aromatic amines is 1. The van der Waals surface area contributed by atoms with Crippen molar-refractivity contribution >= 4 is 28.5 Å². The third-order valence-electron chi connectivity index (χ3n) is 6.22. The molecule has 5 rings (SSSR count). The van der Waals surface area contributed by atoms with Crippen LogP contribution in [0.3, 0.4) is 0 Å². The summed E-state index contributed by atoms with van der Waals surface area (Å²) in [5.74, 6) is 0.442. The van der Waals surface area contributed by atoms with Gasteiger partial charge in [-0.3, -0.25) is 9.59 Å². The molecule has 2 atom stereocenters. The molecule has 7 nitrogen and oxygen atoms in total. The van der Waals surface area contributed by atoms with Gasteiger partial charge in [-0.05, 0) is 30.5 Å². The second-order valence-electron chi connectivity index (χ2n) is 8.17. The topological polar surface area (TPSA) is 83.0 Å². The summed E-state index contributed by atoms with van der Waals surface area (Å²) < 4.78 is 1.80. The molecule has 1 saturated heterocycles. The average molecular weight is 428 g/mol. The number of carbonyl (C=O) groups excluding carboxylic acids is 2. The number of para-hydroxylation sites is 1. The molecule has 0 aliphatic carbocycles. The molecule has 2 unspecified atom stereocenters. The number of hydrogen-bond donors (Lipinski definition) is 2. The molecule has 0 spiro atoms. The Kier molecular flexibility index (Phi) is 5.23. The van der Waals surface area contributed by atoms with E-state index in [2.05, 4.69) is 15.4 Å². The number of H-pyrrole nitrogens is 1. The van der Waals surface area contributed by atoms with Crippen LogP contribution in [0.1, 0.15) is 36.9 Å². The molecular formula is C25H25N5O2. The van der Waals surface area contributed by atoms with Gasteiger partial charge in [-0.1, -0.05) is 48.5 Å². The Labute approximate surface area is 186 Å². The van der Waals surface area contributed by atoms with Gasteiger partial charge in [-0.15, -0.1) is 0 Å². The predicted octanol–water partition coefficient (Wildman–Crippen LogP) is 4.10. The molecule has 0 radical (unpaired) electrons. The maximum Gasteiger partial charge on any atom is 0.248 e. The van der Waals surface area contributed by atoms with Crippen molar-refractivity contribution in [1.29, 1.82) is 0 Å². The number of hydrogen-bond acceptors (Lipinski definition) is 3. The van der Waals surface area contributed by atoms with Crippen molar-refractivity contribution < 1.29 is 9.59 Å². The van der Waals surface area contributed by atoms with Crippen LogP contribution in [0.2, 0.25) is 0 Å². The molecule has 32 heavy (non-hydrogen) atoms. The fourth-order valence-electron chi connectivity index (χ4n) is 4.45. The highest BCUT2D eigenvalue weighted by Crippen LogP contribution is 2.27. The van der Waals surface area contributed by atoms with Gasteiger partial charge in [-0.25, -0.2) is 4.68 Å². The van der Waals surface area contributed by atoms with Gasteiger partial charge in [0.15, 0.2) is 0 Å². The number of rotatable bonds is 6. The molecule has 1 aliphatic heterocycles. The van der Waals surface area contributed by atoms with Crippen molar-refractivity contribution in [1.82, 2.24) is 19.7 Å². The maximum absolute atomic E-state index is 13.2. The average Bonchev–Trinajstić information content (AvgIpc) is 3.54. The minimum atomic E-state index is -0.508. The Morgan fingerprint density at radius 1 is 1.16 bits per heavy atom. The summed E-state index contributed by atoms with van der Waals surface area (Å²) in [6, 6.07) is 19.3. The Morgan fingerprint density at radius 3 is 2.78 bits per heavy atom. The van der Waals surface area contributed by atoms with E-state index in [0.717, 1.165) is 22.0 Å². The van der Waals surface area contributed by atoms with E-state index in [-0.39, 0.29) is 17.9 Å². The highest BCUT2D eigenvalue weighted by molar-refractivity contribution is 5.98. The van der Waals surface area contributed by atoms with Crippen molar-refractivity contribution in [3.05, 3.63) is 84.2 Å². The zero-order valence-electron chi connectivity index (χ0n) is 17.9. The first-order valence-electron chi connectivity index (χ1n) is 10.9. The lowest BCUT2D eigenvalue weighted by Gasteiger charge is -2.24. The lowest BCUT2D eigenvalue weighted by molar-refractivity contribution is -0.133. The van der Waals surface area contributed by atoms with Crippen LogP contribution in [0.25, 0.3) is 10.9 Å². The van der Waals surface area contributed by atoms with E-state index in [1.165, 1.54) is 0 Å². The van der Waals surface area contributed by atoms with Crippen LogP contribution in [0, 0.1) is 0 Å². The van der Waals surface area contributed by atoms with E-state index in [9.17, 15) is 9.59 Å². The van der Waals surface area contributed by atoms with Gasteiger partial charge < -0.3 is 15.2 Å². The third-order valence-corrected chi connectivity index (χ3v) is 6.22. The zero-order valence-corrected chi connectivity index (χ0v) is 17.9. The molecule has 162 valence electrons. The molecule has 7 heteroatoms. The molecule has 4 aromatic rings. The SMILES string of the molecule is CC(c1ccccc1)n1nccc1NC(=O)C1CCC(=O)N1Cc1c[nH]c2ccccc12. The molecule has 2 amide bonds. The van der Waals surface area contributed by atoms with E-state index in [4.69, 9.17) is 0 Å². The smallest absolute Gasteiger partial charge is 0.248 e. The number of likely N-dealkylation sites (tertiary alicyclic amines) is 1. The van der Waals surface area contributed by atoms with Crippen molar-refractivity contribution in [2.24, 2.45) is 0 Å². The van der Waals surface area contributed by atoms with Crippen LogP contribution in [0.4, 0.5) is 5.82 Å². The van der Waals surface area contributed by atoms with Crippen LogP contribution in [0.5, 0.6) is 0 Å². The predicted molar refractivity (Wildman–Crippen MR) is 123 cm³/mol. The summed E-state index contributed by atoms with van der Waals surface area (Å²) in [6.07, 6.45) is 4.48. The van der Waals surface area contributed by atoms with Gasteiger partial charge in [0.2, 0.25) is 11.8 Å². The molecule has 0 saturated carbocycles. The summed E-state index contributed by atoms with van der Waals surface area (Å²) >= 11 is 0. The number of anilines is 1.